The molecule has 0 fully saturated rings. The number of alkyl halides is 3. The number of hydrogen-bond donors (Lipinski definition) is 0. The Bertz CT molecular complexity index is 406. The first-order chi connectivity index (χ1) is 7.32. The van der Waals surface area contributed by atoms with Gasteiger partial charge in [0.1, 0.15) is 5.69 Å². The van der Waals surface area contributed by atoms with Gasteiger partial charge in [-0.3, -0.25) is 4.79 Å². The molecule has 0 aliphatic heterocycles. The Morgan fingerprint density at radius 1 is 1.50 bits per heavy atom. The van der Waals surface area contributed by atoms with Crippen LogP contribution in [0.15, 0.2) is 16.6 Å². The van der Waals surface area contributed by atoms with Crippen LogP contribution in [0.4, 0.5) is 13.2 Å². The quantitative estimate of drug-likeness (QED) is 0.788. The second-order valence-corrected chi connectivity index (χ2v) is 3.83. The number of hydrogen-bond acceptors (Lipinski definition) is 3. The third kappa shape index (κ3) is 3.48. The minimum Gasteiger partial charge on any atom is -0.469 e. The van der Waals surface area contributed by atoms with Crippen molar-refractivity contribution in [2.24, 2.45) is 0 Å². The van der Waals surface area contributed by atoms with Gasteiger partial charge in [-0.15, -0.1) is 0 Å². The number of carbonyl (C=O) groups excluding carboxylic acids is 1. The van der Waals surface area contributed by atoms with Gasteiger partial charge in [-0.2, -0.15) is 13.2 Å². The molecule has 0 saturated heterocycles. The van der Waals surface area contributed by atoms with Crippen LogP contribution in [0.2, 0.25) is 0 Å². The van der Waals surface area contributed by atoms with E-state index in [-0.39, 0.29) is 16.6 Å². The van der Waals surface area contributed by atoms with Crippen LogP contribution in [-0.4, -0.2) is 18.1 Å². The second kappa shape index (κ2) is 4.82. The summed E-state index contributed by atoms with van der Waals surface area (Å²) in [4.78, 5) is 14.2. The van der Waals surface area contributed by atoms with Gasteiger partial charge < -0.3 is 4.74 Å². The third-order valence-corrected chi connectivity index (χ3v) is 2.14. The topological polar surface area (TPSA) is 39.2 Å². The third-order valence-electron chi connectivity index (χ3n) is 1.69. The zero-order valence-corrected chi connectivity index (χ0v) is 9.72. The maximum absolute atomic E-state index is 12.4. The van der Waals surface area contributed by atoms with Gasteiger partial charge in [-0.25, -0.2) is 4.98 Å². The molecule has 0 spiro atoms. The molecule has 0 aliphatic rings. The van der Waals surface area contributed by atoms with E-state index in [1.807, 2.05) is 0 Å². The summed E-state index contributed by atoms with van der Waals surface area (Å²) >= 11 is 2.93. The molecule has 16 heavy (non-hydrogen) atoms. The van der Waals surface area contributed by atoms with Crippen LogP contribution in [0, 0.1) is 0 Å². The molecular formula is C9H7BrF3NO2. The van der Waals surface area contributed by atoms with Crippen molar-refractivity contribution in [3.05, 3.63) is 28.0 Å². The first kappa shape index (κ1) is 13.0. The lowest BCUT2D eigenvalue weighted by Crippen LogP contribution is -2.12. The van der Waals surface area contributed by atoms with Crippen molar-refractivity contribution in [1.29, 1.82) is 0 Å². The van der Waals surface area contributed by atoms with Crippen molar-refractivity contribution in [2.75, 3.05) is 7.11 Å². The van der Waals surface area contributed by atoms with Gasteiger partial charge in [0, 0.05) is 4.47 Å². The first-order valence-electron chi connectivity index (χ1n) is 4.13. The first-order valence-corrected chi connectivity index (χ1v) is 4.92. The highest BCUT2D eigenvalue weighted by molar-refractivity contribution is 9.10. The standard InChI is InChI=1S/C9H7BrF3NO2/c1-16-8(15)4-6-2-5(10)3-7(14-6)9(11,12)13/h2-3H,4H2,1H3. The SMILES string of the molecule is COC(=O)Cc1cc(Br)cc(C(F)(F)F)n1. The molecule has 0 saturated carbocycles. The molecule has 88 valence electrons. The highest BCUT2D eigenvalue weighted by atomic mass is 79.9. The van der Waals surface area contributed by atoms with E-state index in [2.05, 4.69) is 25.7 Å². The summed E-state index contributed by atoms with van der Waals surface area (Å²) in [6, 6.07) is 2.19. The smallest absolute Gasteiger partial charge is 0.433 e. The number of pyridine rings is 1. The van der Waals surface area contributed by atoms with Gasteiger partial charge in [-0.05, 0) is 12.1 Å². The summed E-state index contributed by atoms with van der Waals surface area (Å²) in [5.41, 5.74) is -1.03. The molecular weight excluding hydrogens is 291 g/mol. The van der Waals surface area contributed by atoms with E-state index < -0.39 is 17.8 Å². The number of halogens is 4. The fraction of sp³-hybridized carbons (Fsp3) is 0.333. The largest absolute Gasteiger partial charge is 0.469 e. The van der Waals surface area contributed by atoms with Gasteiger partial charge in [0.05, 0.1) is 19.2 Å². The summed E-state index contributed by atoms with van der Waals surface area (Å²) in [5.74, 6) is -0.640. The van der Waals surface area contributed by atoms with Crippen molar-refractivity contribution in [2.45, 2.75) is 12.6 Å². The monoisotopic (exact) mass is 297 g/mol. The van der Waals surface area contributed by atoms with Crippen LogP contribution in [0.5, 0.6) is 0 Å². The number of ether oxygens (including phenoxy) is 1. The Morgan fingerprint density at radius 2 is 2.12 bits per heavy atom. The molecule has 0 atom stereocenters. The van der Waals surface area contributed by atoms with E-state index in [9.17, 15) is 18.0 Å². The molecule has 1 heterocycles. The van der Waals surface area contributed by atoms with Gasteiger partial charge >= 0.3 is 12.1 Å². The highest BCUT2D eigenvalue weighted by Gasteiger charge is 2.33. The van der Waals surface area contributed by atoms with Crippen LogP contribution in [0.3, 0.4) is 0 Å². The zero-order chi connectivity index (χ0) is 12.3. The fourth-order valence-corrected chi connectivity index (χ4v) is 1.49. The average Bonchev–Trinajstić information content (AvgIpc) is 2.15. The molecule has 1 aromatic rings. The van der Waals surface area contributed by atoms with Gasteiger partial charge in [0.25, 0.3) is 0 Å². The van der Waals surface area contributed by atoms with E-state index in [1.54, 1.807) is 0 Å². The predicted molar refractivity (Wildman–Crippen MR) is 52.7 cm³/mol. The molecule has 7 heteroatoms. The maximum Gasteiger partial charge on any atom is 0.433 e. The number of nitrogens with zero attached hydrogens (tertiary/aromatic N) is 1. The second-order valence-electron chi connectivity index (χ2n) is 2.91. The highest BCUT2D eigenvalue weighted by Crippen LogP contribution is 2.29. The molecule has 0 aromatic carbocycles. The summed E-state index contributed by atoms with van der Waals surface area (Å²) in [6.07, 6.45) is -4.83. The Labute approximate surface area is 97.8 Å². The van der Waals surface area contributed by atoms with Gasteiger partial charge in [-0.1, -0.05) is 15.9 Å². The number of esters is 1. The minimum absolute atomic E-state index is 0.00792. The minimum atomic E-state index is -4.53. The average molecular weight is 298 g/mol. The van der Waals surface area contributed by atoms with Crippen LogP contribution in [0.25, 0.3) is 0 Å². The molecule has 1 aromatic heterocycles. The van der Waals surface area contributed by atoms with Crippen LogP contribution >= 0.6 is 15.9 Å². The Hall–Kier alpha value is -1.11. The Kier molecular flexibility index (Phi) is 3.90. The molecule has 3 nitrogen and oxygen atoms in total. The van der Waals surface area contributed by atoms with Crippen LogP contribution in [-0.2, 0) is 22.1 Å². The van der Waals surface area contributed by atoms with Crippen molar-refractivity contribution in [1.82, 2.24) is 4.98 Å². The predicted octanol–water partition coefficient (Wildman–Crippen LogP) is 2.58. The van der Waals surface area contributed by atoms with E-state index in [4.69, 9.17) is 0 Å². The molecule has 0 radical (unpaired) electrons. The Balaban J connectivity index is 3.04. The van der Waals surface area contributed by atoms with Gasteiger partial charge in [0.2, 0.25) is 0 Å². The van der Waals surface area contributed by atoms with Crippen molar-refractivity contribution < 1.29 is 22.7 Å². The van der Waals surface area contributed by atoms with E-state index >= 15 is 0 Å². The number of aromatic nitrogens is 1. The summed E-state index contributed by atoms with van der Waals surface area (Å²) in [7, 11) is 1.16. The lowest BCUT2D eigenvalue weighted by molar-refractivity contribution is -0.142. The number of carbonyl (C=O) groups is 1. The zero-order valence-electron chi connectivity index (χ0n) is 8.14. The van der Waals surface area contributed by atoms with Crippen LogP contribution < -0.4 is 0 Å². The molecule has 0 unspecified atom stereocenters. The van der Waals surface area contributed by atoms with Crippen molar-refractivity contribution in [3.8, 4) is 0 Å². The van der Waals surface area contributed by atoms with E-state index in [1.165, 1.54) is 6.07 Å². The lowest BCUT2D eigenvalue weighted by atomic mass is 10.2. The summed E-state index contributed by atoms with van der Waals surface area (Å²) < 4.78 is 41.7. The molecule has 0 aliphatic carbocycles. The maximum atomic E-state index is 12.4. The van der Waals surface area contributed by atoms with Crippen LogP contribution in [0.1, 0.15) is 11.4 Å². The molecule has 0 amide bonds. The molecule has 0 N–H and O–H groups in total. The number of rotatable bonds is 2. The van der Waals surface area contributed by atoms with E-state index in [0.717, 1.165) is 13.2 Å². The summed E-state index contributed by atoms with van der Waals surface area (Å²) in [6.45, 7) is 0. The van der Waals surface area contributed by atoms with Gasteiger partial charge in [0.15, 0.2) is 0 Å². The Morgan fingerprint density at radius 3 is 2.62 bits per heavy atom. The van der Waals surface area contributed by atoms with E-state index in [0.29, 0.717) is 0 Å². The number of methoxy groups -OCH3 is 1. The molecule has 0 bridgehead atoms. The fourth-order valence-electron chi connectivity index (χ4n) is 1.01. The lowest BCUT2D eigenvalue weighted by Gasteiger charge is -2.08. The van der Waals surface area contributed by atoms with Crippen molar-refractivity contribution in [3.63, 3.8) is 0 Å². The van der Waals surface area contributed by atoms with Crippen molar-refractivity contribution >= 4 is 21.9 Å². The molecule has 1 rings (SSSR count). The summed E-state index contributed by atoms with van der Waals surface area (Å²) in [5, 5.41) is 0. The normalized spacial score (nSPS) is 11.3.